The molecule has 5 heterocycles. The summed E-state index contributed by atoms with van der Waals surface area (Å²) in [6.07, 6.45) is 9.31. The second-order valence-electron chi connectivity index (χ2n) is 13.1. The van der Waals surface area contributed by atoms with Crippen molar-refractivity contribution in [2.24, 2.45) is 5.73 Å². The predicted octanol–water partition coefficient (Wildman–Crippen LogP) is 2.49. The molecule has 1 fully saturated rings. The number of aromatic nitrogens is 2. The molecule has 0 spiro atoms. The van der Waals surface area contributed by atoms with Crippen LogP contribution in [0.1, 0.15) is 47.5 Å². The number of hydrogen-bond acceptors (Lipinski definition) is 11. The lowest BCUT2D eigenvalue weighted by Crippen LogP contribution is -2.51. The lowest BCUT2D eigenvalue weighted by atomic mass is 10.0. The monoisotopic (exact) mass is 706 g/mol. The number of nitrogens with two attached hydrogens (primary N) is 1. The minimum Gasteiger partial charge on any atom is -0.444 e. The molecule has 3 N–H and O–H groups in total. The third-order valence-electron chi connectivity index (χ3n) is 7.83. The number of aliphatic hydroxyl groups excluding tert-OH is 1. The summed E-state index contributed by atoms with van der Waals surface area (Å²) in [5.74, 6) is 0. The Morgan fingerprint density at radius 1 is 0.958 bits per heavy atom. The van der Waals surface area contributed by atoms with Gasteiger partial charge in [0.15, 0.2) is 10.1 Å². The van der Waals surface area contributed by atoms with Crippen LogP contribution in [-0.2, 0) is 29.5 Å². The van der Waals surface area contributed by atoms with Crippen LogP contribution < -0.4 is 5.73 Å². The van der Waals surface area contributed by atoms with Gasteiger partial charge in [0.05, 0.1) is 24.3 Å². The number of carbonyl (C=O) groups is 1. The molecular formula is C32H46N6O8S2. The van der Waals surface area contributed by atoms with E-state index in [1.807, 2.05) is 26.8 Å². The number of pyridine rings is 2. The van der Waals surface area contributed by atoms with Gasteiger partial charge in [0, 0.05) is 38.6 Å². The molecule has 2 aromatic rings. The predicted molar refractivity (Wildman–Crippen MR) is 178 cm³/mol. The van der Waals surface area contributed by atoms with Gasteiger partial charge < -0.3 is 20.3 Å². The molecule has 0 aromatic carbocycles. The zero-order valence-corrected chi connectivity index (χ0v) is 29.5. The normalized spacial score (nSPS) is 25.4. The molecule has 0 bridgehead atoms. The maximum atomic E-state index is 13.1. The summed E-state index contributed by atoms with van der Waals surface area (Å²) in [4.78, 5) is 22.3. The molecular weight excluding hydrogens is 661 g/mol. The van der Waals surface area contributed by atoms with Gasteiger partial charge in [-0.1, -0.05) is 36.4 Å². The first-order valence-corrected chi connectivity index (χ1v) is 18.6. The molecule has 0 saturated carbocycles. The highest BCUT2D eigenvalue weighted by Gasteiger charge is 2.52. The quantitative estimate of drug-likeness (QED) is 0.445. The molecule has 3 aliphatic rings. The lowest BCUT2D eigenvalue weighted by Gasteiger charge is -2.35. The number of nitrogens with zero attached hydrogens (tertiary/aromatic N) is 5. The topological polar surface area (TPSA) is 186 Å². The van der Waals surface area contributed by atoms with E-state index in [2.05, 4.69) is 9.97 Å². The van der Waals surface area contributed by atoms with E-state index in [1.165, 1.54) is 33.1 Å². The van der Waals surface area contributed by atoms with E-state index in [1.54, 1.807) is 61.2 Å². The average molecular weight is 707 g/mol. The fraction of sp³-hybridized carbons (Fsp3) is 0.531. The molecule has 0 radical (unpaired) electrons. The third-order valence-corrected chi connectivity index (χ3v) is 11.4. The number of ether oxygens (including phenoxy) is 2. The van der Waals surface area contributed by atoms with E-state index >= 15 is 0 Å². The van der Waals surface area contributed by atoms with E-state index in [0.717, 1.165) is 0 Å². The van der Waals surface area contributed by atoms with Crippen molar-refractivity contribution in [2.75, 3.05) is 26.2 Å². The molecule has 2 aromatic heterocycles. The van der Waals surface area contributed by atoms with Crippen LogP contribution in [0.3, 0.4) is 0 Å². The van der Waals surface area contributed by atoms with Gasteiger partial charge in [-0.25, -0.2) is 31.6 Å². The third kappa shape index (κ3) is 9.05. The first-order valence-electron chi connectivity index (χ1n) is 15.7. The van der Waals surface area contributed by atoms with Crippen LogP contribution in [0.4, 0.5) is 4.79 Å². The largest absolute Gasteiger partial charge is 0.444 e. The average Bonchev–Trinajstić information content (AvgIpc) is 3.25. The Balaban J connectivity index is 0.000000237. The first kappa shape index (κ1) is 37.6. The second kappa shape index (κ2) is 15.1. The van der Waals surface area contributed by atoms with Crippen LogP contribution >= 0.6 is 0 Å². The van der Waals surface area contributed by atoms with Gasteiger partial charge in [0.2, 0.25) is 0 Å². The van der Waals surface area contributed by atoms with Crippen molar-refractivity contribution in [3.63, 3.8) is 0 Å². The van der Waals surface area contributed by atoms with Gasteiger partial charge in [0.1, 0.15) is 11.3 Å². The van der Waals surface area contributed by atoms with Crippen LogP contribution in [0, 0.1) is 0 Å². The van der Waals surface area contributed by atoms with E-state index in [0.29, 0.717) is 19.4 Å². The van der Waals surface area contributed by atoms with Crippen molar-refractivity contribution in [3.8, 4) is 0 Å². The van der Waals surface area contributed by atoms with Gasteiger partial charge in [0.25, 0.3) is 20.0 Å². The van der Waals surface area contributed by atoms with E-state index < -0.39 is 55.7 Å². The van der Waals surface area contributed by atoms with Crippen LogP contribution in [0.25, 0.3) is 0 Å². The lowest BCUT2D eigenvalue weighted by molar-refractivity contribution is -0.0802. The Labute approximate surface area is 283 Å². The standard InChI is InChI=1S/C20H29N3O5S.C12H17N3O3S/c1-19(2,3)28-18(24)23-15-10-7-9-13-22(14-16(15)27-20(23,4)5)29(25,26)17-11-6-8-12-21-17;13-10-5-2-4-8-15(9-11(10)16)19(17,18)12-6-1-3-7-14-12/h6-9,11-12,15-16H,10,13-14H2,1-5H3;1-3,5-7,10-11,16H,4,8-9,13H2. The molecule has 14 nitrogen and oxygen atoms in total. The van der Waals surface area contributed by atoms with E-state index in [4.69, 9.17) is 15.2 Å². The molecule has 4 atom stereocenters. The zero-order valence-electron chi connectivity index (χ0n) is 27.9. The molecule has 264 valence electrons. The van der Waals surface area contributed by atoms with Crippen molar-refractivity contribution in [1.82, 2.24) is 23.5 Å². The number of β-amino-alcohol motifs (C(OH)–C–C–N with tert-alkyl or cyclic N) is 1. The molecule has 1 amide bonds. The summed E-state index contributed by atoms with van der Waals surface area (Å²) in [7, 11) is -7.47. The molecule has 0 aliphatic carbocycles. The van der Waals surface area contributed by atoms with Gasteiger partial charge in [-0.15, -0.1) is 0 Å². The van der Waals surface area contributed by atoms with Gasteiger partial charge in [-0.3, -0.25) is 4.90 Å². The SMILES string of the molecule is CC(C)(C)OC(=O)N1C2CC=CCN(S(=O)(=O)c3ccccn3)CC2OC1(C)C.NC1C=CCCN(S(=O)(=O)c2ccccn2)CC1O. The number of aliphatic hydroxyl groups is 1. The number of amides is 1. The van der Waals surface area contributed by atoms with Crippen molar-refractivity contribution < 1.29 is 36.2 Å². The maximum absolute atomic E-state index is 13.1. The summed E-state index contributed by atoms with van der Waals surface area (Å²) in [6.45, 7) is 9.65. The molecule has 1 saturated heterocycles. The number of carbonyl (C=O) groups excluding carboxylic acids is 1. The van der Waals surface area contributed by atoms with E-state index in [-0.39, 0.29) is 35.7 Å². The molecule has 4 unspecified atom stereocenters. The maximum Gasteiger partial charge on any atom is 0.412 e. The summed E-state index contributed by atoms with van der Waals surface area (Å²) in [6, 6.07) is 8.61. The van der Waals surface area contributed by atoms with Gasteiger partial charge in [-0.2, -0.15) is 8.61 Å². The van der Waals surface area contributed by atoms with Gasteiger partial charge in [-0.05, 0) is 71.7 Å². The van der Waals surface area contributed by atoms with Crippen molar-refractivity contribution in [3.05, 3.63) is 73.1 Å². The fourth-order valence-corrected chi connectivity index (χ4v) is 8.30. The Kier molecular flexibility index (Phi) is 11.8. The Morgan fingerprint density at radius 3 is 2.12 bits per heavy atom. The summed E-state index contributed by atoms with van der Waals surface area (Å²) in [5.41, 5.74) is 4.16. The minimum atomic E-state index is -3.79. The van der Waals surface area contributed by atoms with Crippen molar-refractivity contribution in [2.45, 2.75) is 93.1 Å². The zero-order chi connectivity index (χ0) is 35.3. The van der Waals surface area contributed by atoms with Crippen LogP contribution in [0.15, 0.2) is 83.1 Å². The highest BCUT2D eigenvalue weighted by Crippen LogP contribution is 2.37. The van der Waals surface area contributed by atoms with Crippen LogP contribution in [0.2, 0.25) is 0 Å². The highest BCUT2D eigenvalue weighted by molar-refractivity contribution is 7.89. The number of sulfonamides is 2. The summed E-state index contributed by atoms with van der Waals surface area (Å²) >= 11 is 0. The number of rotatable bonds is 4. The number of hydrogen-bond donors (Lipinski definition) is 2. The van der Waals surface area contributed by atoms with Gasteiger partial charge >= 0.3 is 6.09 Å². The highest BCUT2D eigenvalue weighted by atomic mass is 32.2. The number of fused-ring (bicyclic) bond motifs is 1. The molecule has 3 aliphatic heterocycles. The van der Waals surface area contributed by atoms with Crippen molar-refractivity contribution >= 4 is 26.1 Å². The van der Waals surface area contributed by atoms with Crippen LogP contribution in [0.5, 0.6) is 0 Å². The van der Waals surface area contributed by atoms with Crippen LogP contribution in [-0.4, -0.2) is 113 Å². The molecule has 16 heteroatoms. The second-order valence-corrected chi connectivity index (χ2v) is 16.9. The Morgan fingerprint density at radius 2 is 1.56 bits per heavy atom. The minimum absolute atomic E-state index is 0.00761. The molecule has 5 rings (SSSR count). The Hall–Kier alpha value is -3.25. The van der Waals surface area contributed by atoms with Crippen molar-refractivity contribution in [1.29, 1.82) is 0 Å². The Bertz CT molecular complexity index is 1660. The summed E-state index contributed by atoms with van der Waals surface area (Å²) in [5, 5.41) is 9.84. The first-order chi connectivity index (χ1) is 22.4. The summed E-state index contributed by atoms with van der Waals surface area (Å²) < 4.78 is 65.2. The van der Waals surface area contributed by atoms with E-state index in [9.17, 15) is 26.7 Å². The smallest absolute Gasteiger partial charge is 0.412 e. The fourth-order valence-electron chi connectivity index (χ4n) is 5.56. The molecule has 48 heavy (non-hydrogen) atoms.